The largest absolute Gasteiger partial charge is 0.426 e. The van der Waals surface area contributed by atoms with Crippen LogP contribution in [-0.4, -0.2) is 34.8 Å². The fourth-order valence-corrected chi connectivity index (χ4v) is 4.47. The number of aryl methyl sites for hydroxylation is 1. The Morgan fingerprint density at radius 1 is 1.26 bits per heavy atom. The Bertz CT molecular complexity index is 827. The van der Waals surface area contributed by atoms with Crippen LogP contribution in [0, 0.1) is 0 Å². The highest BCUT2D eigenvalue weighted by molar-refractivity contribution is 7.67. The second kappa shape index (κ2) is 9.44. The molecule has 4 nitrogen and oxygen atoms in total. The normalized spacial score (nSPS) is 14.5. The number of aliphatic hydroxyl groups excluding tert-OH is 1. The van der Waals surface area contributed by atoms with Crippen molar-refractivity contribution < 1.29 is 18.8 Å². The Morgan fingerprint density at radius 2 is 2.00 bits per heavy atom. The number of carbonyl (C=O) groups is 1. The molecule has 0 amide bonds. The minimum Gasteiger partial charge on any atom is -0.426 e. The average Bonchev–Trinajstić information content (AvgIpc) is 2.61. The number of ether oxygens (including phenoxy) is 1. The molecule has 0 heterocycles. The molecule has 6 heteroatoms. The molecule has 1 N–H and O–H groups in total. The second-order valence-corrected chi connectivity index (χ2v) is 14.4. The molecule has 2 rings (SSSR count). The first-order valence-corrected chi connectivity index (χ1v) is 13.6. The van der Waals surface area contributed by atoms with E-state index in [2.05, 4.69) is 25.7 Å². The fourth-order valence-electron chi connectivity index (χ4n) is 2.96. The number of benzene rings is 1. The summed E-state index contributed by atoms with van der Waals surface area (Å²) in [6, 6.07) is 7.02. The van der Waals surface area contributed by atoms with E-state index in [1.807, 2.05) is 24.3 Å². The van der Waals surface area contributed by atoms with E-state index in [1.54, 1.807) is 0 Å². The number of hydrogen-bond acceptors (Lipinski definition) is 4. The van der Waals surface area contributed by atoms with Gasteiger partial charge in [0.2, 0.25) is 0 Å². The Balaban J connectivity index is 2.29. The SMILES string of the molecule is CC(=O)Oc1ccc(CC2=CC=C(CO)CC2=S=O)cc1CC[Si](C)(C)C. The standard InChI is InChI=1S/C21H28O4SSi/c1-15(23)25-20-8-6-16(11-18(20)9-10-27(2,3)4)12-19-7-5-17(14-22)13-21(19)26-24/h5-8,11,22H,9-10,12-14H2,1-4H3. The zero-order valence-corrected chi connectivity index (χ0v) is 18.3. The van der Waals surface area contributed by atoms with Gasteiger partial charge in [-0.1, -0.05) is 50.0 Å². The van der Waals surface area contributed by atoms with Crippen LogP contribution in [0.15, 0.2) is 41.5 Å². The summed E-state index contributed by atoms with van der Waals surface area (Å²) >= 11 is 0.504. The molecule has 1 aromatic carbocycles. The van der Waals surface area contributed by atoms with Crippen molar-refractivity contribution in [2.45, 2.75) is 51.9 Å². The summed E-state index contributed by atoms with van der Waals surface area (Å²) in [6.07, 6.45) is 5.88. The van der Waals surface area contributed by atoms with Crippen molar-refractivity contribution in [1.82, 2.24) is 0 Å². The number of aliphatic hydroxyl groups is 1. The summed E-state index contributed by atoms with van der Waals surface area (Å²) in [7, 11) is -1.22. The van der Waals surface area contributed by atoms with Crippen molar-refractivity contribution in [2.75, 3.05) is 6.61 Å². The van der Waals surface area contributed by atoms with Gasteiger partial charge in [0.1, 0.15) is 5.75 Å². The summed E-state index contributed by atoms with van der Waals surface area (Å²) in [6.45, 7) is 8.37. The van der Waals surface area contributed by atoms with Gasteiger partial charge in [-0.05, 0) is 41.2 Å². The van der Waals surface area contributed by atoms with Gasteiger partial charge >= 0.3 is 5.97 Å². The van der Waals surface area contributed by atoms with Crippen molar-refractivity contribution >= 4 is 30.2 Å². The van der Waals surface area contributed by atoms with Crippen LogP contribution in [0.2, 0.25) is 25.7 Å². The topological polar surface area (TPSA) is 63.6 Å². The van der Waals surface area contributed by atoms with E-state index in [4.69, 9.17) is 4.74 Å². The van der Waals surface area contributed by atoms with Gasteiger partial charge in [-0.25, -0.2) is 4.21 Å². The van der Waals surface area contributed by atoms with Gasteiger partial charge < -0.3 is 9.84 Å². The van der Waals surface area contributed by atoms with Crippen molar-refractivity contribution in [3.8, 4) is 5.75 Å². The first-order valence-electron chi connectivity index (χ1n) is 9.17. The van der Waals surface area contributed by atoms with E-state index in [1.165, 1.54) is 6.92 Å². The highest BCUT2D eigenvalue weighted by Crippen LogP contribution is 2.27. The lowest BCUT2D eigenvalue weighted by Crippen LogP contribution is -2.20. The second-order valence-electron chi connectivity index (χ2n) is 8.13. The molecule has 0 saturated heterocycles. The molecule has 0 aromatic heterocycles. The minimum absolute atomic E-state index is 0.0221. The quantitative estimate of drug-likeness (QED) is 0.326. The molecule has 0 radical (unpaired) electrons. The van der Waals surface area contributed by atoms with E-state index in [0.29, 0.717) is 29.8 Å². The molecular weight excluding hydrogens is 376 g/mol. The maximum absolute atomic E-state index is 11.5. The van der Waals surface area contributed by atoms with Crippen molar-refractivity contribution in [2.24, 2.45) is 0 Å². The number of esters is 1. The molecule has 0 saturated carbocycles. The van der Waals surface area contributed by atoms with Gasteiger partial charge in [0.05, 0.1) is 22.7 Å². The van der Waals surface area contributed by atoms with Gasteiger partial charge in [-0.15, -0.1) is 0 Å². The Labute approximate surface area is 166 Å². The van der Waals surface area contributed by atoms with Crippen molar-refractivity contribution in [1.29, 1.82) is 0 Å². The molecule has 0 atom stereocenters. The van der Waals surface area contributed by atoms with Crippen LogP contribution in [0.5, 0.6) is 5.75 Å². The third-order valence-electron chi connectivity index (χ3n) is 4.49. The first kappa shape index (κ1) is 21.5. The molecule has 1 aliphatic carbocycles. The molecule has 1 aromatic rings. The van der Waals surface area contributed by atoms with Crippen LogP contribution in [-0.2, 0) is 28.9 Å². The lowest BCUT2D eigenvalue weighted by Gasteiger charge is -2.18. The minimum atomic E-state index is -1.22. The zero-order chi connectivity index (χ0) is 20.0. The predicted octanol–water partition coefficient (Wildman–Crippen LogP) is 3.67. The summed E-state index contributed by atoms with van der Waals surface area (Å²) < 4.78 is 16.9. The van der Waals surface area contributed by atoms with Crippen LogP contribution < -0.4 is 4.74 Å². The molecule has 27 heavy (non-hydrogen) atoms. The lowest BCUT2D eigenvalue weighted by molar-refractivity contribution is -0.131. The first-order chi connectivity index (χ1) is 12.7. The molecule has 146 valence electrons. The van der Waals surface area contributed by atoms with E-state index in [9.17, 15) is 14.1 Å². The Morgan fingerprint density at radius 3 is 2.59 bits per heavy atom. The lowest BCUT2D eigenvalue weighted by atomic mass is 9.93. The number of rotatable bonds is 7. The number of carbonyl (C=O) groups excluding carboxylic acids is 1. The van der Waals surface area contributed by atoms with Crippen LogP contribution >= 0.6 is 0 Å². The summed E-state index contributed by atoms with van der Waals surface area (Å²) in [5.74, 6) is 0.319. The molecule has 0 aliphatic heterocycles. The highest BCUT2D eigenvalue weighted by atomic mass is 32.1. The monoisotopic (exact) mass is 404 g/mol. The van der Waals surface area contributed by atoms with Gasteiger partial charge in [0.25, 0.3) is 0 Å². The maximum Gasteiger partial charge on any atom is 0.308 e. The summed E-state index contributed by atoms with van der Waals surface area (Å²) in [5, 5.41) is 9.28. The molecule has 0 spiro atoms. The summed E-state index contributed by atoms with van der Waals surface area (Å²) in [4.78, 5) is 12.2. The predicted molar refractivity (Wildman–Crippen MR) is 114 cm³/mol. The molecule has 0 bridgehead atoms. The van der Waals surface area contributed by atoms with Crippen LogP contribution in [0.4, 0.5) is 0 Å². The van der Waals surface area contributed by atoms with Gasteiger partial charge in [-0.2, -0.15) is 0 Å². The Hall–Kier alpha value is -1.76. The molecule has 0 fully saturated rings. The molecular formula is C21H28O4SSi. The summed E-state index contributed by atoms with van der Waals surface area (Å²) in [5.41, 5.74) is 3.99. The molecule has 1 aliphatic rings. The zero-order valence-electron chi connectivity index (χ0n) is 16.5. The fraction of sp³-hybridized carbons (Fsp3) is 0.429. The van der Waals surface area contributed by atoms with Gasteiger partial charge in [0.15, 0.2) is 0 Å². The third-order valence-corrected chi connectivity index (χ3v) is 6.84. The van der Waals surface area contributed by atoms with E-state index >= 15 is 0 Å². The average molecular weight is 405 g/mol. The maximum atomic E-state index is 11.5. The van der Waals surface area contributed by atoms with E-state index in [0.717, 1.165) is 39.6 Å². The van der Waals surface area contributed by atoms with Gasteiger partial charge in [0, 0.05) is 21.4 Å². The Kier molecular flexibility index (Phi) is 7.53. The number of allylic oxidation sites excluding steroid dienone is 3. The third kappa shape index (κ3) is 6.72. The van der Waals surface area contributed by atoms with Gasteiger partial charge in [-0.3, -0.25) is 4.79 Å². The van der Waals surface area contributed by atoms with Crippen LogP contribution in [0.1, 0.15) is 24.5 Å². The van der Waals surface area contributed by atoms with Crippen LogP contribution in [0.3, 0.4) is 0 Å². The van der Waals surface area contributed by atoms with E-state index in [-0.39, 0.29) is 12.6 Å². The van der Waals surface area contributed by atoms with Crippen LogP contribution in [0.25, 0.3) is 0 Å². The van der Waals surface area contributed by atoms with Crippen molar-refractivity contribution in [3.05, 3.63) is 52.6 Å². The molecule has 0 unspecified atom stereocenters. The number of hydrogen-bond donors (Lipinski definition) is 1. The highest BCUT2D eigenvalue weighted by Gasteiger charge is 2.17. The van der Waals surface area contributed by atoms with Crippen molar-refractivity contribution in [3.63, 3.8) is 0 Å². The van der Waals surface area contributed by atoms with E-state index < -0.39 is 8.07 Å². The smallest absolute Gasteiger partial charge is 0.308 e.